The minimum atomic E-state index is -0.286. The third kappa shape index (κ3) is 4.53. The molecule has 4 nitrogen and oxygen atoms in total. The molecule has 1 fully saturated rings. The Morgan fingerprint density at radius 1 is 1.30 bits per heavy atom. The third-order valence-corrected chi connectivity index (χ3v) is 3.27. The van der Waals surface area contributed by atoms with Gasteiger partial charge >= 0.3 is 0 Å². The van der Waals surface area contributed by atoms with E-state index in [1.54, 1.807) is 0 Å². The maximum absolute atomic E-state index is 12.3. The Kier molecular flexibility index (Phi) is 4.33. The van der Waals surface area contributed by atoms with E-state index in [4.69, 9.17) is 10.5 Å². The first-order valence-electron chi connectivity index (χ1n) is 7.13. The van der Waals surface area contributed by atoms with Crippen LogP contribution in [0.15, 0.2) is 24.3 Å². The van der Waals surface area contributed by atoms with E-state index in [0.717, 1.165) is 24.1 Å². The highest BCUT2D eigenvalue weighted by molar-refractivity contribution is 5.78. The maximum atomic E-state index is 12.3. The number of anilines is 1. The summed E-state index contributed by atoms with van der Waals surface area (Å²) in [5, 5.41) is 0. The van der Waals surface area contributed by atoms with Crippen LogP contribution in [0.4, 0.5) is 5.69 Å². The predicted octanol–water partition coefficient (Wildman–Crippen LogP) is 2.57. The summed E-state index contributed by atoms with van der Waals surface area (Å²) in [4.78, 5) is 14.2. The molecule has 1 aliphatic rings. The van der Waals surface area contributed by atoms with Crippen molar-refractivity contribution in [1.82, 2.24) is 4.90 Å². The summed E-state index contributed by atoms with van der Waals surface area (Å²) in [6, 6.07) is 8.07. The highest BCUT2D eigenvalue weighted by Crippen LogP contribution is 2.28. The number of hydrogen-bond donors (Lipinski definition) is 1. The number of hydrogen-bond acceptors (Lipinski definition) is 3. The van der Waals surface area contributed by atoms with E-state index in [1.165, 1.54) is 0 Å². The van der Waals surface area contributed by atoms with Crippen molar-refractivity contribution in [3.05, 3.63) is 29.8 Å². The summed E-state index contributed by atoms with van der Waals surface area (Å²) in [6.45, 7) is 6.66. The number of rotatable bonds is 5. The minimum absolute atomic E-state index is 0.0688. The second-order valence-electron chi connectivity index (χ2n) is 6.40. The van der Waals surface area contributed by atoms with E-state index >= 15 is 0 Å². The molecule has 0 saturated heterocycles. The first-order valence-corrected chi connectivity index (χ1v) is 7.13. The Labute approximate surface area is 120 Å². The van der Waals surface area contributed by atoms with Crippen LogP contribution in [0, 0.1) is 0 Å². The first kappa shape index (κ1) is 14.9. The maximum Gasteiger partial charge on any atom is 0.249 e. The highest BCUT2D eigenvalue weighted by Gasteiger charge is 2.32. The van der Waals surface area contributed by atoms with Crippen LogP contribution in [0.1, 0.15) is 39.2 Å². The Morgan fingerprint density at radius 3 is 2.40 bits per heavy atom. The lowest BCUT2D eigenvalue weighted by Gasteiger charge is -2.25. The summed E-state index contributed by atoms with van der Waals surface area (Å²) in [5.41, 5.74) is 7.25. The van der Waals surface area contributed by atoms with Crippen molar-refractivity contribution in [2.45, 2.75) is 51.8 Å². The molecular weight excluding hydrogens is 252 g/mol. The van der Waals surface area contributed by atoms with Gasteiger partial charge in [-0.25, -0.2) is 0 Å². The molecule has 1 aliphatic carbocycles. The minimum Gasteiger partial charge on any atom is -0.399 e. The van der Waals surface area contributed by atoms with Gasteiger partial charge in [-0.05, 0) is 51.3 Å². The fourth-order valence-electron chi connectivity index (χ4n) is 1.99. The lowest BCUT2D eigenvalue weighted by atomic mass is 10.2. The summed E-state index contributed by atoms with van der Waals surface area (Å²) in [7, 11) is 0. The smallest absolute Gasteiger partial charge is 0.249 e. The van der Waals surface area contributed by atoms with Crippen LogP contribution in [0.5, 0.6) is 0 Å². The fourth-order valence-corrected chi connectivity index (χ4v) is 1.99. The molecule has 0 atom stereocenters. The molecule has 2 rings (SSSR count). The zero-order valence-electron chi connectivity index (χ0n) is 12.6. The van der Waals surface area contributed by atoms with Crippen LogP contribution in [-0.4, -0.2) is 29.1 Å². The van der Waals surface area contributed by atoms with Crippen molar-refractivity contribution in [3.8, 4) is 0 Å². The molecule has 0 spiro atoms. The number of nitrogens with two attached hydrogens (primary N) is 1. The summed E-state index contributed by atoms with van der Waals surface area (Å²) in [5.74, 6) is 0.0688. The van der Waals surface area contributed by atoms with Gasteiger partial charge in [-0.1, -0.05) is 12.1 Å². The molecule has 110 valence electrons. The van der Waals surface area contributed by atoms with E-state index in [0.29, 0.717) is 12.6 Å². The Hall–Kier alpha value is -1.55. The molecule has 1 saturated carbocycles. The molecule has 1 amide bonds. The van der Waals surface area contributed by atoms with Crippen molar-refractivity contribution in [1.29, 1.82) is 0 Å². The Bertz CT molecular complexity index is 458. The van der Waals surface area contributed by atoms with Gasteiger partial charge in [0.1, 0.15) is 6.61 Å². The van der Waals surface area contributed by atoms with Crippen molar-refractivity contribution in [2.75, 3.05) is 12.3 Å². The van der Waals surface area contributed by atoms with Crippen molar-refractivity contribution in [3.63, 3.8) is 0 Å². The molecule has 0 radical (unpaired) electrons. The van der Waals surface area contributed by atoms with Crippen molar-refractivity contribution in [2.24, 2.45) is 0 Å². The zero-order chi connectivity index (χ0) is 14.8. The molecule has 2 N–H and O–H groups in total. The van der Waals surface area contributed by atoms with E-state index in [1.807, 2.05) is 49.9 Å². The van der Waals surface area contributed by atoms with Crippen LogP contribution >= 0.6 is 0 Å². The quantitative estimate of drug-likeness (QED) is 0.841. The molecule has 0 bridgehead atoms. The molecule has 0 unspecified atom stereocenters. The summed E-state index contributed by atoms with van der Waals surface area (Å²) in [6.07, 6.45) is 2.19. The molecule has 20 heavy (non-hydrogen) atoms. The van der Waals surface area contributed by atoms with E-state index in [-0.39, 0.29) is 18.1 Å². The molecular formula is C16H24N2O2. The van der Waals surface area contributed by atoms with Gasteiger partial charge in [0, 0.05) is 18.3 Å². The van der Waals surface area contributed by atoms with Crippen LogP contribution in [0.25, 0.3) is 0 Å². The molecule has 1 aromatic carbocycles. The number of carbonyl (C=O) groups is 1. The average molecular weight is 276 g/mol. The second kappa shape index (κ2) is 5.83. The third-order valence-electron chi connectivity index (χ3n) is 3.27. The second-order valence-corrected chi connectivity index (χ2v) is 6.40. The van der Waals surface area contributed by atoms with E-state index < -0.39 is 0 Å². The van der Waals surface area contributed by atoms with Gasteiger partial charge in [-0.15, -0.1) is 0 Å². The predicted molar refractivity (Wildman–Crippen MR) is 80.1 cm³/mol. The number of nitrogen functional groups attached to an aromatic ring is 1. The summed E-state index contributed by atoms with van der Waals surface area (Å²) < 4.78 is 5.60. The van der Waals surface area contributed by atoms with Crippen LogP contribution in [-0.2, 0) is 16.1 Å². The van der Waals surface area contributed by atoms with Gasteiger partial charge in [0.05, 0.1) is 5.60 Å². The van der Waals surface area contributed by atoms with E-state index in [2.05, 4.69) is 0 Å². The average Bonchev–Trinajstić information content (AvgIpc) is 3.18. The fraction of sp³-hybridized carbons (Fsp3) is 0.562. The van der Waals surface area contributed by atoms with Gasteiger partial charge < -0.3 is 15.4 Å². The van der Waals surface area contributed by atoms with Gasteiger partial charge in [0.25, 0.3) is 0 Å². The standard InChI is InChI=1S/C16H24N2O2/c1-16(2,3)20-11-15(19)18(14-8-9-14)10-12-4-6-13(17)7-5-12/h4-7,14H,8-11,17H2,1-3H3. The zero-order valence-corrected chi connectivity index (χ0v) is 12.6. The summed E-state index contributed by atoms with van der Waals surface area (Å²) >= 11 is 0. The van der Waals surface area contributed by atoms with E-state index in [9.17, 15) is 4.79 Å². The van der Waals surface area contributed by atoms with Gasteiger partial charge in [0.2, 0.25) is 5.91 Å². The van der Waals surface area contributed by atoms with Gasteiger partial charge in [0.15, 0.2) is 0 Å². The molecule has 0 aliphatic heterocycles. The SMILES string of the molecule is CC(C)(C)OCC(=O)N(Cc1ccc(N)cc1)C1CC1. The Balaban J connectivity index is 1.96. The topological polar surface area (TPSA) is 55.6 Å². The van der Waals surface area contributed by atoms with Gasteiger partial charge in [-0.3, -0.25) is 4.79 Å². The highest BCUT2D eigenvalue weighted by atomic mass is 16.5. The normalized spacial score (nSPS) is 15.2. The number of amides is 1. The molecule has 4 heteroatoms. The van der Waals surface area contributed by atoms with Crippen LogP contribution in [0.2, 0.25) is 0 Å². The first-order chi connectivity index (χ1) is 9.35. The molecule has 0 aromatic heterocycles. The number of carbonyl (C=O) groups excluding carboxylic acids is 1. The monoisotopic (exact) mass is 276 g/mol. The van der Waals surface area contributed by atoms with Crippen molar-refractivity contribution >= 4 is 11.6 Å². The number of benzene rings is 1. The van der Waals surface area contributed by atoms with Crippen molar-refractivity contribution < 1.29 is 9.53 Å². The van der Waals surface area contributed by atoms with Crippen LogP contribution in [0.3, 0.4) is 0 Å². The lowest BCUT2D eigenvalue weighted by molar-refractivity contribution is -0.142. The number of nitrogens with zero attached hydrogens (tertiary/aromatic N) is 1. The largest absolute Gasteiger partial charge is 0.399 e. The Morgan fingerprint density at radius 2 is 1.90 bits per heavy atom. The molecule has 0 heterocycles. The molecule has 1 aromatic rings. The number of ether oxygens (including phenoxy) is 1. The van der Waals surface area contributed by atoms with Crippen LogP contribution < -0.4 is 5.73 Å². The van der Waals surface area contributed by atoms with Gasteiger partial charge in [-0.2, -0.15) is 0 Å². The lowest BCUT2D eigenvalue weighted by Crippen LogP contribution is -2.37.